The molecule has 4 rings (SSSR count). The number of rotatable bonds is 1. The molecule has 0 spiro atoms. The first-order valence-electron chi connectivity index (χ1n) is 7.51. The molecule has 2 aromatic carbocycles. The van der Waals surface area contributed by atoms with Gasteiger partial charge >= 0.3 is 0 Å². The predicted molar refractivity (Wildman–Crippen MR) is 88.6 cm³/mol. The highest BCUT2D eigenvalue weighted by molar-refractivity contribution is 5.94. The summed E-state index contributed by atoms with van der Waals surface area (Å²) in [5, 5.41) is 4.93. The van der Waals surface area contributed by atoms with E-state index < -0.39 is 0 Å². The Morgan fingerprint density at radius 2 is 1.87 bits per heavy atom. The van der Waals surface area contributed by atoms with E-state index in [1.165, 1.54) is 0 Å². The molecule has 1 atom stereocenters. The maximum atomic E-state index is 12.4. The van der Waals surface area contributed by atoms with Crippen LogP contribution in [0.1, 0.15) is 29.3 Å². The molecular formula is C18H15N3O2. The minimum atomic E-state index is -0.278. The third kappa shape index (κ3) is 2.30. The van der Waals surface area contributed by atoms with Crippen LogP contribution in [0.15, 0.2) is 47.3 Å². The van der Waals surface area contributed by atoms with Gasteiger partial charge in [-0.3, -0.25) is 9.59 Å². The number of fused-ring (bicyclic) bond motifs is 2. The van der Waals surface area contributed by atoms with Gasteiger partial charge in [0.2, 0.25) is 5.91 Å². The summed E-state index contributed by atoms with van der Waals surface area (Å²) in [6, 6.07) is 14.1. The number of amides is 1. The lowest BCUT2D eigenvalue weighted by atomic mass is 9.86. The summed E-state index contributed by atoms with van der Waals surface area (Å²) in [6.07, 6.45) is 0.249. The predicted octanol–water partition coefficient (Wildman–Crippen LogP) is 2.71. The van der Waals surface area contributed by atoms with Crippen molar-refractivity contribution in [1.82, 2.24) is 9.97 Å². The Labute approximate surface area is 132 Å². The molecule has 0 saturated heterocycles. The Balaban J connectivity index is 1.91. The molecule has 1 unspecified atom stereocenters. The van der Waals surface area contributed by atoms with Crippen LogP contribution in [0, 0.1) is 6.92 Å². The fourth-order valence-corrected chi connectivity index (χ4v) is 3.19. The second-order valence-corrected chi connectivity index (χ2v) is 5.83. The van der Waals surface area contributed by atoms with Crippen molar-refractivity contribution < 1.29 is 4.79 Å². The number of anilines is 1. The monoisotopic (exact) mass is 305 g/mol. The van der Waals surface area contributed by atoms with Crippen molar-refractivity contribution in [3.63, 3.8) is 0 Å². The summed E-state index contributed by atoms with van der Waals surface area (Å²) in [5.41, 5.74) is 1.30. The van der Waals surface area contributed by atoms with E-state index in [1.807, 2.05) is 42.5 Å². The highest BCUT2D eigenvalue weighted by atomic mass is 16.2. The van der Waals surface area contributed by atoms with E-state index in [4.69, 9.17) is 0 Å². The van der Waals surface area contributed by atoms with E-state index in [1.54, 1.807) is 6.92 Å². The lowest BCUT2D eigenvalue weighted by Crippen LogP contribution is -2.31. The lowest BCUT2D eigenvalue weighted by Gasteiger charge is -2.24. The molecule has 0 radical (unpaired) electrons. The highest BCUT2D eigenvalue weighted by Gasteiger charge is 2.30. The fourth-order valence-electron chi connectivity index (χ4n) is 3.19. The average molecular weight is 305 g/mol. The maximum absolute atomic E-state index is 12.4. The SMILES string of the molecule is Cc1nc2c(c(=O)[nH]1)C(c1ccc3ccccc3c1)CC(=O)N2. The minimum absolute atomic E-state index is 0.117. The summed E-state index contributed by atoms with van der Waals surface area (Å²) >= 11 is 0. The first-order valence-corrected chi connectivity index (χ1v) is 7.51. The van der Waals surface area contributed by atoms with Gasteiger partial charge in [-0.2, -0.15) is 0 Å². The number of nitrogens with zero attached hydrogens (tertiary/aromatic N) is 1. The molecule has 1 aromatic heterocycles. The number of aromatic amines is 1. The standard InChI is InChI=1S/C18H15N3O2/c1-10-19-17-16(18(23)20-10)14(9-15(22)21-17)13-7-6-11-4-2-3-5-12(11)8-13/h2-8,14H,9H2,1H3,(H2,19,20,21,22,23). The number of H-pyrrole nitrogens is 1. The van der Waals surface area contributed by atoms with Gasteiger partial charge < -0.3 is 10.3 Å². The molecule has 1 amide bonds. The van der Waals surface area contributed by atoms with Crippen LogP contribution >= 0.6 is 0 Å². The second-order valence-electron chi connectivity index (χ2n) is 5.83. The van der Waals surface area contributed by atoms with Crippen molar-refractivity contribution in [3.8, 4) is 0 Å². The fraction of sp³-hybridized carbons (Fsp3) is 0.167. The quantitative estimate of drug-likeness (QED) is 0.726. The number of aromatic nitrogens is 2. The Hall–Kier alpha value is -2.95. The molecule has 0 bridgehead atoms. The molecule has 2 N–H and O–H groups in total. The van der Waals surface area contributed by atoms with Crippen LogP contribution < -0.4 is 10.9 Å². The van der Waals surface area contributed by atoms with Gasteiger partial charge in [0.1, 0.15) is 11.6 Å². The zero-order chi connectivity index (χ0) is 16.0. The van der Waals surface area contributed by atoms with E-state index in [2.05, 4.69) is 15.3 Å². The van der Waals surface area contributed by atoms with Gasteiger partial charge in [-0.1, -0.05) is 42.5 Å². The lowest BCUT2D eigenvalue weighted by molar-refractivity contribution is -0.116. The maximum Gasteiger partial charge on any atom is 0.256 e. The van der Waals surface area contributed by atoms with Crippen molar-refractivity contribution in [1.29, 1.82) is 0 Å². The molecule has 114 valence electrons. The summed E-state index contributed by atoms with van der Waals surface area (Å²) in [6.45, 7) is 1.70. The van der Waals surface area contributed by atoms with Crippen LogP contribution in [0.25, 0.3) is 10.8 Å². The molecule has 5 nitrogen and oxygen atoms in total. The van der Waals surface area contributed by atoms with Crippen molar-refractivity contribution >= 4 is 22.5 Å². The number of benzene rings is 2. The van der Waals surface area contributed by atoms with Crippen molar-refractivity contribution in [2.75, 3.05) is 5.32 Å². The Morgan fingerprint density at radius 1 is 1.09 bits per heavy atom. The number of hydrogen-bond acceptors (Lipinski definition) is 3. The van der Waals surface area contributed by atoms with E-state index in [0.717, 1.165) is 16.3 Å². The topological polar surface area (TPSA) is 74.8 Å². The minimum Gasteiger partial charge on any atom is -0.310 e. The van der Waals surface area contributed by atoms with Gasteiger partial charge in [0.15, 0.2) is 0 Å². The van der Waals surface area contributed by atoms with Crippen LogP contribution in [-0.2, 0) is 4.79 Å². The zero-order valence-electron chi connectivity index (χ0n) is 12.6. The molecule has 5 heteroatoms. The van der Waals surface area contributed by atoms with Crippen LogP contribution in [0.2, 0.25) is 0 Å². The zero-order valence-corrected chi connectivity index (χ0v) is 12.6. The average Bonchev–Trinajstić information content (AvgIpc) is 2.53. The van der Waals surface area contributed by atoms with Gasteiger partial charge in [0.25, 0.3) is 5.56 Å². The van der Waals surface area contributed by atoms with Gasteiger partial charge in [-0.25, -0.2) is 4.98 Å². The Morgan fingerprint density at radius 3 is 2.70 bits per heavy atom. The van der Waals surface area contributed by atoms with E-state index in [0.29, 0.717) is 17.2 Å². The molecular weight excluding hydrogens is 290 g/mol. The second kappa shape index (κ2) is 5.05. The summed E-state index contributed by atoms with van der Waals surface area (Å²) in [7, 11) is 0. The van der Waals surface area contributed by atoms with E-state index in [-0.39, 0.29) is 23.8 Å². The van der Waals surface area contributed by atoms with E-state index >= 15 is 0 Å². The summed E-state index contributed by atoms with van der Waals surface area (Å²) < 4.78 is 0. The Bertz CT molecular complexity index is 991. The molecule has 23 heavy (non-hydrogen) atoms. The number of aryl methyl sites for hydroxylation is 1. The molecule has 0 saturated carbocycles. The van der Waals surface area contributed by atoms with Crippen molar-refractivity contribution in [3.05, 3.63) is 69.8 Å². The molecule has 0 aliphatic carbocycles. The van der Waals surface area contributed by atoms with Gasteiger partial charge in [-0.05, 0) is 23.3 Å². The first-order chi connectivity index (χ1) is 11.1. The number of carbonyl (C=O) groups is 1. The van der Waals surface area contributed by atoms with Gasteiger partial charge in [-0.15, -0.1) is 0 Å². The number of carbonyl (C=O) groups excluding carboxylic acids is 1. The summed E-state index contributed by atoms with van der Waals surface area (Å²) in [5.74, 6) is 0.474. The molecule has 3 aromatic rings. The molecule has 2 heterocycles. The normalized spacial score (nSPS) is 16.9. The largest absolute Gasteiger partial charge is 0.310 e. The first kappa shape index (κ1) is 13.7. The number of hydrogen-bond donors (Lipinski definition) is 2. The molecule has 1 aliphatic rings. The van der Waals surface area contributed by atoms with Crippen LogP contribution in [0.4, 0.5) is 5.82 Å². The third-order valence-corrected chi connectivity index (χ3v) is 4.25. The highest BCUT2D eigenvalue weighted by Crippen LogP contribution is 2.34. The molecule has 0 fully saturated rings. The van der Waals surface area contributed by atoms with Crippen LogP contribution in [-0.4, -0.2) is 15.9 Å². The van der Waals surface area contributed by atoms with Crippen molar-refractivity contribution in [2.45, 2.75) is 19.3 Å². The van der Waals surface area contributed by atoms with Crippen LogP contribution in [0.5, 0.6) is 0 Å². The van der Waals surface area contributed by atoms with Crippen molar-refractivity contribution in [2.24, 2.45) is 0 Å². The summed E-state index contributed by atoms with van der Waals surface area (Å²) in [4.78, 5) is 31.4. The third-order valence-electron chi connectivity index (χ3n) is 4.25. The van der Waals surface area contributed by atoms with E-state index in [9.17, 15) is 9.59 Å². The van der Waals surface area contributed by atoms with Crippen LogP contribution in [0.3, 0.4) is 0 Å². The van der Waals surface area contributed by atoms with Gasteiger partial charge in [0, 0.05) is 12.3 Å². The Kier molecular flexibility index (Phi) is 3.01. The van der Waals surface area contributed by atoms with Gasteiger partial charge in [0.05, 0.1) is 5.56 Å². The number of nitrogens with one attached hydrogen (secondary N) is 2. The smallest absolute Gasteiger partial charge is 0.256 e. The molecule has 1 aliphatic heterocycles.